The van der Waals surface area contributed by atoms with E-state index in [0.29, 0.717) is 0 Å². The highest BCUT2D eigenvalue weighted by Crippen LogP contribution is 2.19. The van der Waals surface area contributed by atoms with Gasteiger partial charge in [-0.2, -0.15) is 5.26 Å². The summed E-state index contributed by atoms with van der Waals surface area (Å²) in [6.07, 6.45) is 5.24. The fourth-order valence-electron chi connectivity index (χ4n) is 1.83. The highest BCUT2D eigenvalue weighted by Gasteiger charge is 2.22. The molecule has 1 aliphatic heterocycles. The molecule has 0 saturated carbocycles. The zero-order chi connectivity index (χ0) is 9.80. The lowest BCUT2D eigenvalue weighted by Crippen LogP contribution is -2.37. The molecular formula is C10H13N3S. The Kier molecular flexibility index (Phi) is 3.12. The van der Waals surface area contributed by atoms with Crippen LogP contribution in [0.2, 0.25) is 0 Å². The van der Waals surface area contributed by atoms with Gasteiger partial charge in [-0.1, -0.05) is 0 Å². The molecule has 4 heteroatoms. The fourth-order valence-corrected chi connectivity index (χ4v) is 2.47. The molecule has 1 aromatic heterocycles. The highest BCUT2D eigenvalue weighted by atomic mass is 32.1. The van der Waals surface area contributed by atoms with Gasteiger partial charge in [0.2, 0.25) is 0 Å². The van der Waals surface area contributed by atoms with Crippen LogP contribution in [0.4, 0.5) is 0 Å². The number of nitrogens with zero attached hydrogens (tertiary/aromatic N) is 3. The lowest BCUT2D eigenvalue weighted by atomic mass is 10.0. The Balaban J connectivity index is 1.99. The minimum absolute atomic E-state index is 0.104. The molecule has 3 nitrogen and oxygen atoms in total. The molecule has 1 fully saturated rings. The van der Waals surface area contributed by atoms with E-state index in [0.717, 1.165) is 24.5 Å². The summed E-state index contributed by atoms with van der Waals surface area (Å²) >= 11 is 1.67. The molecule has 0 aromatic carbocycles. The van der Waals surface area contributed by atoms with E-state index in [2.05, 4.69) is 16.0 Å². The molecule has 74 valence electrons. The Hall–Kier alpha value is -0.920. The number of likely N-dealkylation sites (tertiary alicyclic amines) is 1. The molecule has 1 atom stereocenters. The molecule has 1 aliphatic rings. The van der Waals surface area contributed by atoms with Crippen LogP contribution in [0, 0.1) is 11.3 Å². The van der Waals surface area contributed by atoms with Crippen molar-refractivity contribution >= 4 is 11.3 Å². The molecule has 14 heavy (non-hydrogen) atoms. The van der Waals surface area contributed by atoms with Crippen molar-refractivity contribution < 1.29 is 0 Å². The quantitative estimate of drug-likeness (QED) is 0.745. The molecule has 1 unspecified atom stereocenters. The van der Waals surface area contributed by atoms with Crippen LogP contribution in [-0.4, -0.2) is 22.5 Å². The number of hydrogen-bond acceptors (Lipinski definition) is 4. The molecule has 0 bridgehead atoms. The third-order valence-corrected chi connectivity index (χ3v) is 3.35. The van der Waals surface area contributed by atoms with E-state index in [9.17, 15) is 0 Å². The number of thiazole rings is 1. The standard InChI is InChI=1S/C10H13N3S/c11-7-9-3-1-2-5-13(9)8-10-12-4-6-14-10/h4,6,9H,1-3,5,8H2. The second-order valence-corrected chi connectivity index (χ2v) is 4.52. The maximum absolute atomic E-state index is 8.98. The van der Waals surface area contributed by atoms with Gasteiger partial charge in [0, 0.05) is 11.6 Å². The molecule has 2 rings (SSSR count). The predicted octanol–water partition coefficient (Wildman–Crippen LogP) is 2.02. The summed E-state index contributed by atoms with van der Waals surface area (Å²) in [4.78, 5) is 6.48. The predicted molar refractivity (Wildman–Crippen MR) is 55.8 cm³/mol. The van der Waals surface area contributed by atoms with Gasteiger partial charge in [0.05, 0.1) is 18.7 Å². The second kappa shape index (κ2) is 4.54. The molecule has 0 N–H and O–H groups in total. The molecule has 1 aromatic rings. The van der Waals surface area contributed by atoms with Gasteiger partial charge in [0.25, 0.3) is 0 Å². The Labute approximate surface area is 88.0 Å². The molecular weight excluding hydrogens is 194 g/mol. The van der Waals surface area contributed by atoms with E-state index >= 15 is 0 Å². The van der Waals surface area contributed by atoms with Crippen LogP contribution in [0.1, 0.15) is 24.3 Å². The van der Waals surface area contributed by atoms with Gasteiger partial charge in [0.15, 0.2) is 0 Å². The van der Waals surface area contributed by atoms with E-state index in [1.165, 1.54) is 12.8 Å². The minimum atomic E-state index is 0.104. The lowest BCUT2D eigenvalue weighted by molar-refractivity contribution is 0.176. The average molecular weight is 207 g/mol. The summed E-state index contributed by atoms with van der Waals surface area (Å²) in [7, 11) is 0. The van der Waals surface area contributed by atoms with Gasteiger partial charge in [-0.15, -0.1) is 11.3 Å². The topological polar surface area (TPSA) is 39.9 Å². The summed E-state index contributed by atoms with van der Waals surface area (Å²) < 4.78 is 0. The van der Waals surface area contributed by atoms with E-state index in [1.807, 2.05) is 11.6 Å². The summed E-state index contributed by atoms with van der Waals surface area (Å²) in [6.45, 7) is 1.88. The van der Waals surface area contributed by atoms with E-state index in [-0.39, 0.29) is 6.04 Å². The van der Waals surface area contributed by atoms with Crippen molar-refractivity contribution in [2.75, 3.05) is 6.54 Å². The summed E-state index contributed by atoms with van der Waals surface area (Å²) in [5, 5.41) is 12.1. The van der Waals surface area contributed by atoms with Crippen molar-refractivity contribution in [2.45, 2.75) is 31.8 Å². The van der Waals surface area contributed by atoms with Gasteiger partial charge >= 0.3 is 0 Å². The first-order valence-electron chi connectivity index (χ1n) is 4.92. The van der Waals surface area contributed by atoms with Gasteiger partial charge < -0.3 is 0 Å². The van der Waals surface area contributed by atoms with Crippen LogP contribution in [0.25, 0.3) is 0 Å². The highest BCUT2D eigenvalue weighted by molar-refractivity contribution is 7.09. The van der Waals surface area contributed by atoms with Crippen LogP contribution in [0.5, 0.6) is 0 Å². The smallest absolute Gasteiger partial charge is 0.107 e. The van der Waals surface area contributed by atoms with Crippen LogP contribution < -0.4 is 0 Å². The van der Waals surface area contributed by atoms with Crippen molar-refractivity contribution in [1.29, 1.82) is 5.26 Å². The zero-order valence-corrected chi connectivity index (χ0v) is 8.83. The number of hydrogen-bond donors (Lipinski definition) is 0. The Morgan fingerprint density at radius 1 is 1.64 bits per heavy atom. The monoisotopic (exact) mass is 207 g/mol. The third-order valence-electron chi connectivity index (χ3n) is 2.58. The Bertz CT molecular complexity index is 315. The van der Waals surface area contributed by atoms with Crippen LogP contribution >= 0.6 is 11.3 Å². The Morgan fingerprint density at radius 3 is 3.29 bits per heavy atom. The van der Waals surface area contributed by atoms with Crippen LogP contribution in [0.3, 0.4) is 0 Å². The van der Waals surface area contributed by atoms with Crippen molar-refractivity contribution in [3.63, 3.8) is 0 Å². The van der Waals surface area contributed by atoms with E-state index in [1.54, 1.807) is 11.3 Å². The number of aromatic nitrogens is 1. The van der Waals surface area contributed by atoms with Gasteiger partial charge in [-0.25, -0.2) is 4.98 Å². The average Bonchev–Trinajstić information content (AvgIpc) is 2.71. The summed E-state index contributed by atoms with van der Waals surface area (Å²) in [5.41, 5.74) is 0. The summed E-state index contributed by atoms with van der Waals surface area (Å²) in [6, 6.07) is 2.47. The molecule has 0 aliphatic carbocycles. The second-order valence-electron chi connectivity index (χ2n) is 3.54. The number of nitriles is 1. The molecule has 0 amide bonds. The SMILES string of the molecule is N#CC1CCCCN1Cc1nccs1. The first kappa shape index (κ1) is 9.63. The van der Waals surface area contributed by atoms with Crippen molar-refractivity contribution in [2.24, 2.45) is 0 Å². The number of rotatable bonds is 2. The molecule has 2 heterocycles. The van der Waals surface area contributed by atoms with Crippen molar-refractivity contribution in [3.05, 3.63) is 16.6 Å². The van der Waals surface area contributed by atoms with E-state index in [4.69, 9.17) is 5.26 Å². The Morgan fingerprint density at radius 2 is 2.57 bits per heavy atom. The molecule has 0 radical (unpaired) electrons. The van der Waals surface area contributed by atoms with Gasteiger partial charge in [-0.3, -0.25) is 4.90 Å². The summed E-state index contributed by atoms with van der Waals surface area (Å²) in [5.74, 6) is 0. The van der Waals surface area contributed by atoms with Crippen LogP contribution in [0.15, 0.2) is 11.6 Å². The normalized spacial score (nSPS) is 23.2. The van der Waals surface area contributed by atoms with E-state index < -0.39 is 0 Å². The molecule has 0 spiro atoms. The maximum Gasteiger partial charge on any atom is 0.107 e. The fraction of sp³-hybridized carbons (Fsp3) is 0.600. The zero-order valence-electron chi connectivity index (χ0n) is 8.02. The third kappa shape index (κ3) is 2.11. The van der Waals surface area contributed by atoms with Gasteiger partial charge in [0.1, 0.15) is 5.01 Å². The van der Waals surface area contributed by atoms with Crippen molar-refractivity contribution in [3.8, 4) is 6.07 Å². The van der Waals surface area contributed by atoms with Crippen LogP contribution in [-0.2, 0) is 6.54 Å². The van der Waals surface area contributed by atoms with Crippen molar-refractivity contribution in [1.82, 2.24) is 9.88 Å². The first-order valence-corrected chi connectivity index (χ1v) is 5.80. The molecule has 1 saturated heterocycles. The number of piperidine rings is 1. The van der Waals surface area contributed by atoms with Gasteiger partial charge in [-0.05, 0) is 25.8 Å². The first-order chi connectivity index (χ1) is 6.90. The minimum Gasteiger partial charge on any atom is -0.281 e. The largest absolute Gasteiger partial charge is 0.281 e. The maximum atomic E-state index is 8.98. The lowest BCUT2D eigenvalue weighted by Gasteiger charge is -2.30.